The van der Waals surface area contributed by atoms with E-state index in [0.717, 1.165) is 40.7 Å². The molecule has 10 heteroatoms. The van der Waals surface area contributed by atoms with Crippen LogP contribution in [0.25, 0.3) is 0 Å². The molecule has 0 N–H and O–H groups in total. The van der Waals surface area contributed by atoms with Gasteiger partial charge in [-0.15, -0.1) is 0 Å². The van der Waals surface area contributed by atoms with Crippen molar-refractivity contribution in [2.24, 2.45) is 0 Å². The van der Waals surface area contributed by atoms with Crippen molar-refractivity contribution in [2.75, 3.05) is 20.2 Å². The van der Waals surface area contributed by atoms with E-state index < -0.39 is 36.7 Å². The highest BCUT2D eigenvalue weighted by atomic mass is 32.2. The lowest BCUT2D eigenvalue weighted by atomic mass is 10.3. The number of methoxy groups -OCH3 is 1. The van der Waals surface area contributed by atoms with Crippen molar-refractivity contribution in [3.05, 3.63) is 54.1 Å². The third kappa shape index (κ3) is 3.19. The first-order valence-electron chi connectivity index (χ1n) is 7.49. The second kappa shape index (κ2) is 6.60. The largest absolute Gasteiger partial charge is 0.495 e. The molecule has 0 bridgehead atoms. The predicted octanol–water partition coefficient (Wildman–Crippen LogP) is 1.82. The van der Waals surface area contributed by atoms with Gasteiger partial charge in [0.15, 0.2) is 9.84 Å². The first-order chi connectivity index (χ1) is 12.2. The Hall–Kier alpha value is -2.04. The molecule has 0 atom stereocenters. The second-order valence-corrected chi connectivity index (χ2v) is 9.87. The Bertz CT molecular complexity index is 1030. The third-order valence-electron chi connectivity index (χ3n) is 4.14. The molecule has 0 amide bonds. The van der Waals surface area contributed by atoms with E-state index >= 15 is 0 Å². The summed E-state index contributed by atoms with van der Waals surface area (Å²) in [6, 6.07) is 7.41. The Morgan fingerprint density at radius 2 is 1.54 bits per heavy atom. The van der Waals surface area contributed by atoms with E-state index in [9.17, 15) is 25.6 Å². The standard InChI is InChI=1S/C16H15F2NO5S2/c1-24-15-7-4-12(18)8-16(15)26(22,23)19-9-14(10-19)25(20,21)13-5-2-11(17)3-6-13/h2-8,14H,9-10H2,1H3. The van der Waals surface area contributed by atoms with Crippen molar-refractivity contribution >= 4 is 19.9 Å². The first kappa shape index (κ1) is 18.7. The topological polar surface area (TPSA) is 80.8 Å². The lowest BCUT2D eigenvalue weighted by molar-refractivity contribution is 0.307. The SMILES string of the molecule is COc1ccc(F)cc1S(=O)(=O)N1CC(S(=O)(=O)c2ccc(F)cc2)C1. The number of sulfone groups is 1. The lowest BCUT2D eigenvalue weighted by Crippen LogP contribution is -2.56. The van der Waals surface area contributed by atoms with Crippen molar-refractivity contribution < 1.29 is 30.4 Å². The van der Waals surface area contributed by atoms with Gasteiger partial charge < -0.3 is 4.74 Å². The highest BCUT2D eigenvalue weighted by Crippen LogP contribution is 2.33. The molecule has 0 unspecified atom stereocenters. The zero-order valence-corrected chi connectivity index (χ0v) is 15.2. The van der Waals surface area contributed by atoms with Crippen molar-refractivity contribution in [1.82, 2.24) is 4.31 Å². The van der Waals surface area contributed by atoms with Crippen LogP contribution in [-0.2, 0) is 19.9 Å². The van der Waals surface area contributed by atoms with Crippen molar-refractivity contribution in [3.63, 3.8) is 0 Å². The molecular formula is C16H15F2NO5S2. The van der Waals surface area contributed by atoms with Gasteiger partial charge in [-0.25, -0.2) is 25.6 Å². The molecule has 26 heavy (non-hydrogen) atoms. The molecule has 0 saturated carbocycles. The van der Waals surface area contributed by atoms with Gasteiger partial charge in [-0.1, -0.05) is 0 Å². The Morgan fingerprint density at radius 1 is 0.962 bits per heavy atom. The molecule has 2 aromatic carbocycles. The highest BCUT2D eigenvalue weighted by molar-refractivity contribution is 7.92. The molecule has 6 nitrogen and oxygen atoms in total. The van der Waals surface area contributed by atoms with Gasteiger partial charge in [-0.3, -0.25) is 0 Å². The van der Waals surface area contributed by atoms with Gasteiger partial charge in [0.2, 0.25) is 10.0 Å². The van der Waals surface area contributed by atoms with Crippen LogP contribution >= 0.6 is 0 Å². The molecule has 1 aliphatic rings. The average Bonchev–Trinajstić information content (AvgIpc) is 2.53. The lowest BCUT2D eigenvalue weighted by Gasteiger charge is -2.37. The minimum Gasteiger partial charge on any atom is -0.495 e. The van der Waals surface area contributed by atoms with Gasteiger partial charge in [0, 0.05) is 13.1 Å². The molecule has 2 aromatic rings. The first-order valence-corrected chi connectivity index (χ1v) is 10.5. The molecule has 1 aliphatic heterocycles. The molecule has 1 saturated heterocycles. The quantitative estimate of drug-likeness (QED) is 0.712. The number of sulfonamides is 1. The van der Waals surface area contributed by atoms with Crippen molar-refractivity contribution in [1.29, 1.82) is 0 Å². The molecule has 0 aromatic heterocycles. The van der Waals surface area contributed by atoms with Gasteiger partial charge in [0.25, 0.3) is 0 Å². The molecule has 0 radical (unpaired) electrons. The maximum Gasteiger partial charge on any atom is 0.246 e. The monoisotopic (exact) mass is 403 g/mol. The summed E-state index contributed by atoms with van der Waals surface area (Å²) in [7, 11) is -6.65. The Labute approximate surface area is 150 Å². The Kier molecular flexibility index (Phi) is 4.76. The molecule has 1 fully saturated rings. The van der Waals surface area contributed by atoms with Crippen LogP contribution in [0.1, 0.15) is 0 Å². The van der Waals surface area contributed by atoms with Gasteiger partial charge >= 0.3 is 0 Å². The zero-order valence-electron chi connectivity index (χ0n) is 13.6. The molecule has 1 heterocycles. The number of halogens is 2. The molecule has 140 valence electrons. The van der Waals surface area contributed by atoms with Crippen LogP contribution < -0.4 is 4.74 Å². The second-order valence-electron chi connectivity index (χ2n) is 5.74. The fraction of sp³-hybridized carbons (Fsp3) is 0.250. The maximum absolute atomic E-state index is 13.5. The summed E-state index contributed by atoms with van der Waals surface area (Å²) in [6.07, 6.45) is 0. The van der Waals surface area contributed by atoms with E-state index in [1.54, 1.807) is 0 Å². The van der Waals surface area contributed by atoms with E-state index in [2.05, 4.69) is 0 Å². The molecule has 0 aliphatic carbocycles. The Balaban J connectivity index is 1.83. The van der Waals surface area contributed by atoms with Crippen molar-refractivity contribution in [3.8, 4) is 5.75 Å². The van der Waals surface area contributed by atoms with Crippen LogP contribution in [0.2, 0.25) is 0 Å². The number of rotatable bonds is 5. The van der Waals surface area contributed by atoms with E-state index in [1.165, 1.54) is 13.2 Å². The van der Waals surface area contributed by atoms with Crippen LogP contribution in [0.15, 0.2) is 52.3 Å². The van der Waals surface area contributed by atoms with Crippen LogP contribution in [0, 0.1) is 11.6 Å². The number of ether oxygens (including phenoxy) is 1. The fourth-order valence-electron chi connectivity index (χ4n) is 2.60. The molecular weight excluding hydrogens is 388 g/mol. The average molecular weight is 403 g/mol. The maximum atomic E-state index is 13.5. The van der Waals surface area contributed by atoms with Crippen LogP contribution in [0.4, 0.5) is 8.78 Å². The fourth-order valence-corrected chi connectivity index (χ4v) is 6.14. The van der Waals surface area contributed by atoms with Gasteiger partial charge in [-0.2, -0.15) is 4.31 Å². The normalized spacial score (nSPS) is 16.3. The Morgan fingerprint density at radius 3 is 2.12 bits per heavy atom. The number of hydrogen-bond donors (Lipinski definition) is 0. The zero-order chi connectivity index (χ0) is 19.1. The van der Waals surface area contributed by atoms with Crippen molar-refractivity contribution in [2.45, 2.75) is 15.0 Å². The summed E-state index contributed by atoms with van der Waals surface area (Å²) in [5, 5.41) is -0.956. The van der Waals surface area contributed by atoms with E-state index in [1.807, 2.05) is 0 Å². The smallest absolute Gasteiger partial charge is 0.246 e. The number of nitrogens with zero attached hydrogens (tertiary/aromatic N) is 1. The summed E-state index contributed by atoms with van der Waals surface area (Å²) >= 11 is 0. The van der Waals surface area contributed by atoms with Crippen LogP contribution in [0.3, 0.4) is 0 Å². The summed E-state index contributed by atoms with van der Waals surface area (Å²) in [5.74, 6) is -1.35. The summed E-state index contributed by atoms with van der Waals surface area (Å²) < 4.78 is 82.5. The van der Waals surface area contributed by atoms with Crippen LogP contribution in [0.5, 0.6) is 5.75 Å². The van der Waals surface area contributed by atoms with Gasteiger partial charge in [0.1, 0.15) is 22.3 Å². The van der Waals surface area contributed by atoms with Gasteiger partial charge in [0.05, 0.1) is 17.3 Å². The minimum atomic E-state index is -4.11. The third-order valence-corrected chi connectivity index (χ3v) is 8.10. The minimum absolute atomic E-state index is 0.0313. The number of benzene rings is 2. The summed E-state index contributed by atoms with van der Waals surface area (Å²) in [5.41, 5.74) is 0. The summed E-state index contributed by atoms with van der Waals surface area (Å²) in [4.78, 5) is -0.443. The summed E-state index contributed by atoms with van der Waals surface area (Å²) in [6.45, 7) is -0.552. The van der Waals surface area contributed by atoms with Gasteiger partial charge in [-0.05, 0) is 42.5 Å². The van der Waals surface area contributed by atoms with E-state index in [4.69, 9.17) is 4.74 Å². The molecule has 0 spiro atoms. The predicted molar refractivity (Wildman–Crippen MR) is 89.1 cm³/mol. The van der Waals surface area contributed by atoms with Crippen LogP contribution in [-0.4, -0.2) is 46.6 Å². The molecule has 3 rings (SSSR count). The highest BCUT2D eigenvalue weighted by Gasteiger charge is 2.45. The van der Waals surface area contributed by atoms with E-state index in [0.29, 0.717) is 0 Å². The number of hydrogen-bond acceptors (Lipinski definition) is 5. The van der Waals surface area contributed by atoms with E-state index in [-0.39, 0.29) is 28.6 Å².